The number of benzene rings is 2. The van der Waals surface area contributed by atoms with E-state index in [-0.39, 0.29) is 30.2 Å². The molecule has 6 nitrogen and oxygen atoms in total. The van der Waals surface area contributed by atoms with Crippen LogP contribution in [0.1, 0.15) is 47.2 Å². The van der Waals surface area contributed by atoms with Crippen LogP contribution in [0.15, 0.2) is 41.5 Å². The van der Waals surface area contributed by atoms with Crippen molar-refractivity contribution in [1.29, 1.82) is 0 Å². The summed E-state index contributed by atoms with van der Waals surface area (Å²) in [6.07, 6.45) is 1.15. The number of piperidine rings is 1. The Bertz CT molecular complexity index is 1150. The van der Waals surface area contributed by atoms with Gasteiger partial charge in [-0.3, -0.25) is 14.4 Å². The van der Waals surface area contributed by atoms with E-state index in [1.165, 1.54) is 5.01 Å². The second-order valence-corrected chi connectivity index (χ2v) is 8.60. The smallest absolute Gasteiger partial charge is 0.270 e. The van der Waals surface area contributed by atoms with E-state index in [0.717, 1.165) is 29.3 Å². The van der Waals surface area contributed by atoms with Gasteiger partial charge in [0.1, 0.15) is 17.3 Å². The molecule has 0 saturated carbocycles. The number of halogens is 2. The molecule has 4 rings (SSSR count). The zero-order valence-electron chi connectivity index (χ0n) is 18.6. The van der Waals surface area contributed by atoms with Crippen LogP contribution in [-0.4, -0.2) is 41.3 Å². The molecular weight excluding hydrogens is 428 g/mol. The summed E-state index contributed by atoms with van der Waals surface area (Å²) in [6, 6.07) is 8.57. The van der Waals surface area contributed by atoms with E-state index < -0.39 is 23.3 Å². The molecule has 0 aromatic heterocycles. The lowest BCUT2D eigenvalue weighted by Gasteiger charge is -2.33. The number of anilines is 1. The summed E-state index contributed by atoms with van der Waals surface area (Å²) in [5.41, 5.74) is 2.58. The molecule has 0 aliphatic carbocycles. The number of carbonyl (C=O) groups is 3. The minimum Gasteiger partial charge on any atom is -0.337 e. The van der Waals surface area contributed by atoms with Crippen LogP contribution in [0.2, 0.25) is 0 Å². The molecular formula is C25H25F2N3O3. The monoisotopic (exact) mass is 453 g/mol. The number of hydrogen-bond acceptors (Lipinski definition) is 4. The maximum atomic E-state index is 14.0. The van der Waals surface area contributed by atoms with Gasteiger partial charge in [0, 0.05) is 31.8 Å². The Labute approximate surface area is 190 Å². The van der Waals surface area contributed by atoms with E-state index in [1.807, 2.05) is 32.0 Å². The minimum atomic E-state index is -0.743. The molecule has 33 heavy (non-hydrogen) atoms. The number of aryl methyl sites for hydroxylation is 2. The Hall–Kier alpha value is -3.42. The molecule has 172 valence electrons. The van der Waals surface area contributed by atoms with E-state index in [1.54, 1.807) is 4.90 Å². The Morgan fingerprint density at radius 1 is 1.00 bits per heavy atom. The highest BCUT2D eigenvalue weighted by Gasteiger charge is 2.33. The molecule has 0 bridgehead atoms. The van der Waals surface area contributed by atoms with Gasteiger partial charge in [0.05, 0.1) is 11.3 Å². The van der Waals surface area contributed by atoms with Crippen LogP contribution in [0.25, 0.3) is 0 Å². The van der Waals surface area contributed by atoms with Gasteiger partial charge in [-0.15, -0.1) is 0 Å². The summed E-state index contributed by atoms with van der Waals surface area (Å²) < 4.78 is 27.4. The number of nitrogens with zero attached hydrogens (tertiary/aromatic N) is 3. The third kappa shape index (κ3) is 4.69. The average molecular weight is 453 g/mol. The quantitative estimate of drug-likeness (QED) is 0.652. The summed E-state index contributed by atoms with van der Waals surface area (Å²) in [7, 11) is 0. The van der Waals surface area contributed by atoms with Crippen molar-refractivity contribution in [2.24, 2.45) is 11.0 Å². The van der Waals surface area contributed by atoms with E-state index in [4.69, 9.17) is 0 Å². The number of Topliss-reactive ketones (excluding diaryl/α,β-unsaturated/α-hetero) is 1. The maximum absolute atomic E-state index is 14.0. The fourth-order valence-corrected chi connectivity index (χ4v) is 4.28. The van der Waals surface area contributed by atoms with Crippen molar-refractivity contribution in [3.05, 3.63) is 64.7 Å². The Balaban J connectivity index is 1.46. The van der Waals surface area contributed by atoms with Gasteiger partial charge < -0.3 is 4.90 Å². The van der Waals surface area contributed by atoms with Crippen molar-refractivity contribution in [2.45, 2.75) is 39.5 Å². The minimum absolute atomic E-state index is 0.165. The molecule has 2 amide bonds. The maximum Gasteiger partial charge on any atom is 0.270 e. The first-order valence-corrected chi connectivity index (χ1v) is 11.0. The highest BCUT2D eigenvalue weighted by Crippen LogP contribution is 2.27. The molecule has 2 aromatic carbocycles. The number of ketones is 1. The molecule has 0 atom stereocenters. The molecule has 0 unspecified atom stereocenters. The molecule has 1 saturated heterocycles. The summed E-state index contributed by atoms with van der Waals surface area (Å²) in [5.74, 6) is -2.76. The first-order chi connectivity index (χ1) is 15.7. The van der Waals surface area contributed by atoms with E-state index >= 15 is 0 Å². The second kappa shape index (κ2) is 9.21. The zero-order chi connectivity index (χ0) is 23.7. The van der Waals surface area contributed by atoms with Crippen LogP contribution < -0.4 is 5.01 Å². The summed E-state index contributed by atoms with van der Waals surface area (Å²) in [4.78, 5) is 39.9. The van der Waals surface area contributed by atoms with E-state index in [0.29, 0.717) is 37.3 Å². The Morgan fingerprint density at radius 2 is 1.73 bits per heavy atom. The van der Waals surface area contributed by atoms with Crippen molar-refractivity contribution in [3.8, 4) is 0 Å². The molecule has 0 spiro atoms. The molecule has 8 heteroatoms. The second-order valence-electron chi connectivity index (χ2n) is 8.60. The summed E-state index contributed by atoms with van der Waals surface area (Å²) in [5, 5.41) is 5.69. The zero-order valence-corrected chi connectivity index (χ0v) is 18.6. The Morgan fingerprint density at radius 3 is 2.45 bits per heavy atom. The highest BCUT2D eigenvalue weighted by atomic mass is 19.1. The van der Waals surface area contributed by atoms with Crippen molar-refractivity contribution in [3.63, 3.8) is 0 Å². The Kier molecular flexibility index (Phi) is 6.35. The predicted octanol–water partition coefficient (Wildman–Crippen LogP) is 4.19. The standard InChI is InChI=1S/C25H25F2N3O3/c1-15-3-4-16(2)22(13-15)30-23(31)8-7-21(28-30)25(33)29-11-9-17(10-12-29)24(32)19-14-18(26)5-6-20(19)27/h3-6,13-14,17H,7-12H2,1-2H3. The topological polar surface area (TPSA) is 70.1 Å². The predicted molar refractivity (Wildman–Crippen MR) is 120 cm³/mol. The van der Waals surface area contributed by atoms with Gasteiger partial charge in [0.2, 0.25) is 5.91 Å². The van der Waals surface area contributed by atoms with Crippen LogP contribution >= 0.6 is 0 Å². The lowest BCUT2D eigenvalue weighted by molar-refractivity contribution is -0.125. The van der Waals surface area contributed by atoms with Gasteiger partial charge in [-0.1, -0.05) is 12.1 Å². The SMILES string of the molecule is Cc1ccc(C)c(N2N=C(C(=O)N3CCC(C(=O)c4cc(F)ccc4F)CC3)CCC2=O)c1. The number of hydrazone groups is 1. The van der Waals surface area contributed by atoms with Gasteiger partial charge in [-0.2, -0.15) is 5.10 Å². The summed E-state index contributed by atoms with van der Waals surface area (Å²) >= 11 is 0. The van der Waals surface area contributed by atoms with Gasteiger partial charge >= 0.3 is 0 Å². The van der Waals surface area contributed by atoms with E-state index in [2.05, 4.69) is 5.10 Å². The number of hydrogen-bond donors (Lipinski definition) is 0. The lowest BCUT2D eigenvalue weighted by atomic mass is 9.88. The number of likely N-dealkylation sites (tertiary alicyclic amines) is 1. The van der Waals surface area contributed by atoms with Gasteiger partial charge in [0.15, 0.2) is 5.78 Å². The number of amides is 2. The normalized spacial score (nSPS) is 17.2. The van der Waals surface area contributed by atoms with Gasteiger partial charge in [-0.05, 0) is 62.1 Å². The fourth-order valence-electron chi connectivity index (χ4n) is 4.28. The third-order valence-corrected chi connectivity index (χ3v) is 6.22. The molecule has 1 fully saturated rings. The van der Waals surface area contributed by atoms with Crippen molar-refractivity contribution < 1.29 is 23.2 Å². The van der Waals surface area contributed by atoms with Crippen molar-refractivity contribution in [2.75, 3.05) is 18.1 Å². The van der Waals surface area contributed by atoms with Crippen molar-refractivity contribution in [1.82, 2.24) is 4.90 Å². The third-order valence-electron chi connectivity index (χ3n) is 6.22. The average Bonchev–Trinajstić information content (AvgIpc) is 2.82. The van der Waals surface area contributed by atoms with Crippen LogP contribution in [0.4, 0.5) is 14.5 Å². The summed E-state index contributed by atoms with van der Waals surface area (Å²) in [6.45, 7) is 4.43. The molecule has 2 heterocycles. The number of rotatable bonds is 4. The van der Waals surface area contributed by atoms with Gasteiger partial charge in [-0.25, -0.2) is 13.8 Å². The highest BCUT2D eigenvalue weighted by molar-refractivity contribution is 6.40. The van der Waals surface area contributed by atoms with Crippen LogP contribution in [0, 0.1) is 31.4 Å². The van der Waals surface area contributed by atoms with Crippen LogP contribution in [0.3, 0.4) is 0 Å². The molecule has 2 aliphatic rings. The molecule has 2 aliphatic heterocycles. The molecule has 2 aromatic rings. The van der Waals surface area contributed by atoms with E-state index in [9.17, 15) is 23.2 Å². The lowest BCUT2D eigenvalue weighted by Crippen LogP contribution is -2.45. The number of carbonyl (C=O) groups excluding carboxylic acids is 3. The van der Waals surface area contributed by atoms with Crippen LogP contribution in [0.5, 0.6) is 0 Å². The first-order valence-electron chi connectivity index (χ1n) is 11.0. The van der Waals surface area contributed by atoms with Crippen LogP contribution in [-0.2, 0) is 9.59 Å². The van der Waals surface area contributed by atoms with Gasteiger partial charge in [0.25, 0.3) is 5.91 Å². The first kappa shape index (κ1) is 22.8. The fraction of sp³-hybridized carbons (Fsp3) is 0.360. The van der Waals surface area contributed by atoms with Crippen molar-refractivity contribution >= 4 is 29.0 Å². The molecule has 0 N–H and O–H groups in total. The molecule has 0 radical (unpaired) electrons. The largest absolute Gasteiger partial charge is 0.337 e.